The smallest absolute Gasteiger partial charge is 0.293 e. The first kappa shape index (κ1) is 20.0. The van der Waals surface area contributed by atoms with Crippen LogP contribution >= 0.6 is 11.8 Å². The van der Waals surface area contributed by atoms with Gasteiger partial charge in [-0.15, -0.1) is 0 Å². The summed E-state index contributed by atoms with van der Waals surface area (Å²) >= 11 is 0.874. The Bertz CT molecular complexity index is 936. The maximum absolute atomic E-state index is 12.6. The number of hydrogen-bond acceptors (Lipinski definition) is 5. The lowest BCUT2D eigenvalue weighted by molar-refractivity contribution is -0.123. The highest BCUT2D eigenvalue weighted by Crippen LogP contribution is 2.34. The largest absolute Gasteiger partial charge is 0.507 e. The van der Waals surface area contributed by atoms with E-state index in [4.69, 9.17) is 4.74 Å². The molecule has 0 saturated carbocycles. The molecule has 0 aliphatic carbocycles. The van der Waals surface area contributed by atoms with Gasteiger partial charge in [-0.1, -0.05) is 44.2 Å². The monoisotopic (exact) mass is 397 g/mol. The summed E-state index contributed by atoms with van der Waals surface area (Å²) in [5, 5.41) is 9.54. The predicted molar refractivity (Wildman–Crippen MR) is 112 cm³/mol. The predicted octanol–water partition coefficient (Wildman–Crippen LogP) is 4.94. The van der Waals surface area contributed by atoms with Crippen molar-refractivity contribution < 1.29 is 19.4 Å². The highest BCUT2D eigenvalue weighted by molar-refractivity contribution is 8.18. The average molecular weight is 397 g/mol. The first-order chi connectivity index (χ1) is 13.4. The molecule has 2 amide bonds. The number of para-hydroxylation sites is 1. The number of phenolic OH excluding ortho intramolecular Hbond substituents is 1. The molecule has 1 heterocycles. The molecule has 0 spiro atoms. The number of thioether (sulfide) groups is 1. The Morgan fingerprint density at radius 1 is 1.18 bits per heavy atom. The molecule has 0 atom stereocenters. The number of imide groups is 1. The molecule has 3 rings (SSSR count). The first-order valence-corrected chi connectivity index (χ1v) is 9.95. The standard InChI is InChI=1S/C22H23NO4S/c1-14(2)17-9-8-15(3)12-19(17)27-11-10-23-21(25)20(28-22(23)26)13-16-6-4-5-7-18(16)24/h4-9,12-14,24H,10-11H2,1-3H3/b20-13-. The number of aromatic hydroxyl groups is 1. The molecule has 0 aromatic heterocycles. The van der Waals surface area contributed by atoms with Crippen molar-refractivity contribution in [3.05, 3.63) is 64.1 Å². The van der Waals surface area contributed by atoms with Gasteiger partial charge in [-0.05, 0) is 53.9 Å². The molecule has 1 aliphatic heterocycles. The summed E-state index contributed by atoms with van der Waals surface area (Å²) in [4.78, 5) is 26.3. The minimum atomic E-state index is -0.366. The summed E-state index contributed by atoms with van der Waals surface area (Å²) in [7, 11) is 0. The van der Waals surface area contributed by atoms with Crippen molar-refractivity contribution in [2.45, 2.75) is 26.7 Å². The molecular weight excluding hydrogens is 374 g/mol. The number of rotatable bonds is 6. The van der Waals surface area contributed by atoms with E-state index in [0.717, 1.165) is 28.6 Å². The van der Waals surface area contributed by atoms with Crippen LogP contribution in [0.1, 0.15) is 36.5 Å². The summed E-state index contributed by atoms with van der Waals surface area (Å²) in [6, 6.07) is 12.8. The Hall–Kier alpha value is -2.73. The summed E-state index contributed by atoms with van der Waals surface area (Å²) < 4.78 is 5.90. The molecule has 1 aliphatic rings. The lowest BCUT2D eigenvalue weighted by Gasteiger charge is -2.17. The average Bonchev–Trinajstić information content (AvgIpc) is 2.91. The number of ether oxygens (including phenoxy) is 1. The second kappa shape index (κ2) is 8.52. The molecule has 1 saturated heterocycles. The van der Waals surface area contributed by atoms with Crippen molar-refractivity contribution in [2.75, 3.05) is 13.2 Å². The van der Waals surface area contributed by atoms with Crippen LogP contribution < -0.4 is 4.74 Å². The van der Waals surface area contributed by atoms with Crippen LogP contribution in [0, 0.1) is 6.92 Å². The number of nitrogens with zero attached hydrogens (tertiary/aromatic N) is 1. The molecule has 2 aromatic rings. The fraction of sp³-hybridized carbons (Fsp3) is 0.273. The Labute approximate surface area is 169 Å². The number of phenols is 1. The number of carbonyl (C=O) groups excluding carboxylic acids is 2. The van der Waals surface area contributed by atoms with E-state index < -0.39 is 0 Å². The number of carbonyl (C=O) groups is 2. The van der Waals surface area contributed by atoms with Gasteiger partial charge in [0, 0.05) is 5.56 Å². The van der Waals surface area contributed by atoms with E-state index in [0.29, 0.717) is 16.4 Å². The summed E-state index contributed by atoms with van der Waals surface area (Å²) in [5.41, 5.74) is 2.70. The van der Waals surface area contributed by atoms with Crippen molar-refractivity contribution in [3.8, 4) is 11.5 Å². The molecule has 1 N–H and O–H groups in total. The fourth-order valence-corrected chi connectivity index (χ4v) is 3.79. The molecular formula is C22H23NO4S. The molecule has 0 radical (unpaired) electrons. The number of benzene rings is 2. The van der Waals surface area contributed by atoms with Gasteiger partial charge in [0.15, 0.2) is 0 Å². The van der Waals surface area contributed by atoms with Gasteiger partial charge in [0.25, 0.3) is 11.1 Å². The maximum atomic E-state index is 12.6. The number of aryl methyl sites for hydroxylation is 1. The normalized spacial score (nSPS) is 15.7. The van der Waals surface area contributed by atoms with Gasteiger partial charge in [0.2, 0.25) is 0 Å². The van der Waals surface area contributed by atoms with Crippen LogP contribution in [-0.2, 0) is 4.79 Å². The van der Waals surface area contributed by atoms with E-state index in [2.05, 4.69) is 13.8 Å². The van der Waals surface area contributed by atoms with Crippen LogP contribution in [0.4, 0.5) is 4.79 Å². The summed E-state index contributed by atoms with van der Waals surface area (Å²) in [6.45, 7) is 6.59. The third-order valence-electron chi connectivity index (χ3n) is 4.46. The van der Waals surface area contributed by atoms with Gasteiger partial charge in [-0.3, -0.25) is 14.5 Å². The fourth-order valence-electron chi connectivity index (χ4n) is 2.93. The molecule has 28 heavy (non-hydrogen) atoms. The molecule has 146 valence electrons. The highest BCUT2D eigenvalue weighted by Gasteiger charge is 2.35. The number of hydrogen-bond donors (Lipinski definition) is 1. The van der Waals surface area contributed by atoms with Gasteiger partial charge < -0.3 is 9.84 Å². The van der Waals surface area contributed by atoms with E-state index >= 15 is 0 Å². The maximum Gasteiger partial charge on any atom is 0.293 e. The molecule has 2 aromatic carbocycles. The summed E-state index contributed by atoms with van der Waals surface area (Å²) in [5.74, 6) is 0.800. The van der Waals surface area contributed by atoms with Crippen LogP contribution in [0.25, 0.3) is 6.08 Å². The Kier molecular flexibility index (Phi) is 6.09. The van der Waals surface area contributed by atoms with Crippen LogP contribution in [0.5, 0.6) is 11.5 Å². The van der Waals surface area contributed by atoms with Gasteiger partial charge >= 0.3 is 0 Å². The molecule has 1 fully saturated rings. The van der Waals surface area contributed by atoms with E-state index in [1.807, 2.05) is 25.1 Å². The van der Waals surface area contributed by atoms with Gasteiger partial charge in [-0.25, -0.2) is 0 Å². The first-order valence-electron chi connectivity index (χ1n) is 9.13. The second-order valence-corrected chi connectivity index (χ2v) is 7.93. The zero-order chi connectivity index (χ0) is 20.3. The molecule has 6 heteroatoms. The van der Waals surface area contributed by atoms with Crippen molar-refractivity contribution in [1.82, 2.24) is 4.90 Å². The quantitative estimate of drug-likeness (QED) is 0.700. The lowest BCUT2D eigenvalue weighted by atomic mass is 10.0. The van der Waals surface area contributed by atoms with E-state index in [9.17, 15) is 14.7 Å². The zero-order valence-electron chi connectivity index (χ0n) is 16.1. The third-order valence-corrected chi connectivity index (χ3v) is 5.37. The molecule has 0 bridgehead atoms. The van der Waals surface area contributed by atoms with E-state index in [1.54, 1.807) is 24.3 Å². The third kappa shape index (κ3) is 4.39. The summed E-state index contributed by atoms with van der Waals surface area (Å²) in [6.07, 6.45) is 1.54. The molecule has 5 nitrogen and oxygen atoms in total. The van der Waals surface area contributed by atoms with Crippen LogP contribution in [0.3, 0.4) is 0 Å². The molecule has 0 unspecified atom stereocenters. The van der Waals surface area contributed by atoms with Crippen molar-refractivity contribution in [1.29, 1.82) is 0 Å². The highest BCUT2D eigenvalue weighted by atomic mass is 32.2. The van der Waals surface area contributed by atoms with Gasteiger partial charge in [0.1, 0.15) is 18.1 Å². The van der Waals surface area contributed by atoms with Gasteiger partial charge in [-0.2, -0.15) is 0 Å². The van der Waals surface area contributed by atoms with Crippen LogP contribution in [0.15, 0.2) is 47.4 Å². The van der Waals surface area contributed by atoms with Crippen molar-refractivity contribution in [3.63, 3.8) is 0 Å². The minimum absolute atomic E-state index is 0.0679. The lowest BCUT2D eigenvalue weighted by Crippen LogP contribution is -2.32. The van der Waals surface area contributed by atoms with Crippen molar-refractivity contribution in [2.24, 2.45) is 0 Å². The Morgan fingerprint density at radius 2 is 1.93 bits per heavy atom. The van der Waals surface area contributed by atoms with Gasteiger partial charge in [0.05, 0.1) is 11.4 Å². The van der Waals surface area contributed by atoms with Crippen molar-refractivity contribution >= 4 is 29.0 Å². The topological polar surface area (TPSA) is 66.8 Å². The second-order valence-electron chi connectivity index (χ2n) is 6.94. The zero-order valence-corrected chi connectivity index (χ0v) is 17.0. The van der Waals surface area contributed by atoms with E-state index in [1.165, 1.54) is 11.0 Å². The SMILES string of the molecule is Cc1ccc(C(C)C)c(OCCN2C(=O)S/C(=C\c3ccccc3O)C2=O)c1. The number of amides is 2. The Balaban J connectivity index is 1.68. The van der Waals surface area contributed by atoms with Crippen LogP contribution in [-0.4, -0.2) is 34.3 Å². The minimum Gasteiger partial charge on any atom is -0.507 e. The van der Waals surface area contributed by atoms with Crippen LogP contribution in [0.2, 0.25) is 0 Å². The Morgan fingerprint density at radius 3 is 2.64 bits per heavy atom. The van der Waals surface area contributed by atoms with E-state index in [-0.39, 0.29) is 30.0 Å².